The lowest BCUT2D eigenvalue weighted by atomic mass is 10.0. The topological polar surface area (TPSA) is 71.9 Å². The number of nitrogens with one attached hydrogen (secondary N) is 1. The van der Waals surface area contributed by atoms with E-state index < -0.39 is 0 Å². The van der Waals surface area contributed by atoms with E-state index in [9.17, 15) is 0 Å². The van der Waals surface area contributed by atoms with Gasteiger partial charge in [0.1, 0.15) is 0 Å². The summed E-state index contributed by atoms with van der Waals surface area (Å²) in [6.45, 7) is 4.71. The van der Waals surface area contributed by atoms with Gasteiger partial charge in [0, 0.05) is 57.0 Å². The summed E-state index contributed by atoms with van der Waals surface area (Å²) in [6.07, 6.45) is 4.03. The van der Waals surface area contributed by atoms with Crippen LogP contribution in [0.25, 0.3) is 11.3 Å². The van der Waals surface area contributed by atoms with E-state index in [-0.39, 0.29) is 12.0 Å². The molecule has 1 N–H and O–H groups in total. The molecule has 0 aliphatic carbocycles. The van der Waals surface area contributed by atoms with Crippen molar-refractivity contribution in [3.63, 3.8) is 0 Å². The Bertz CT molecular complexity index is 886. The molecule has 7 heteroatoms. The Morgan fingerprint density at radius 2 is 2.19 bits per heavy atom. The van der Waals surface area contributed by atoms with Crippen molar-refractivity contribution in [3.05, 3.63) is 53.5 Å². The number of methoxy groups -OCH3 is 1. The Labute approximate surface area is 153 Å². The van der Waals surface area contributed by atoms with Gasteiger partial charge in [-0.3, -0.25) is 14.7 Å². The van der Waals surface area contributed by atoms with Crippen molar-refractivity contribution in [2.24, 2.45) is 7.05 Å². The maximum atomic E-state index is 5.73. The highest BCUT2D eigenvalue weighted by molar-refractivity contribution is 5.63. The van der Waals surface area contributed by atoms with Crippen LogP contribution in [0.5, 0.6) is 0 Å². The summed E-state index contributed by atoms with van der Waals surface area (Å²) in [5.74, 6) is 0.239. The molecule has 1 aliphatic heterocycles. The highest BCUT2D eigenvalue weighted by Crippen LogP contribution is 2.31. The fraction of sp³-hybridized carbons (Fsp3) is 0.421. The summed E-state index contributed by atoms with van der Waals surface area (Å²) in [6, 6.07) is 8.49. The summed E-state index contributed by atoms with van der Waals surface area (Å²) in [4.78, 5) is 2.40. The third kappa shape index (κ3) is 3.27. The molecule has 136 valence electrons. The SMILES string of the molecule is CO[C@@H]1CN(Cc2cn[nH]c2-c2cccc(C)c2)C[C@H]1c1cn(C)nn1. The molecule has 1 aliphatic rings. The number of hydrogen-bond donors (Lipinski definition) is 1. The lowest BCUT2D eigenvalue weighted by molar-refractivity contribution is 0.0957. The van der Waals surface area contributed by atoms with Crippen molar-refractivity contribution in [2.45, 2.75) is 25.5 Å². The number of H-pyrrole nitrogens is 1. The summed E-state index contributed by atoms with van der Waals surface area (Å²) in [5.41, 5.74) is 5.70. The van der Waals surface area contributed by atoms with Crippen LogP contribution < -0.4 is 0 Å². The first-order valence-electron chi connectivity index (χ1n) is 8.84. The molecule has 7 nitrogen and oxygen atoms in total. The van der Waals surface area contributed by atoms with Crippen molar-refractivity contribution < 1.29 is 4.74 Å². The average molecular weight is 352 g/mol. The van der Waals surface area contributed by atoms with E-state index in [1.54, 1.807) is 11.8 Å². The Morgan fingerprint density at radius 3 is 2.92 bits per heavy atom. The number of rotatable bonds is 5. The highest BCUT2D eigenvalue weighted by Gasteiger charge is 2.36. The molecule has 1 aromatic carbocycles. The predicted octanol–water partition coefficient (Wildman–Crippen LogP) is 2.13. The molecule has 1 fully saturated rings. The van der Waals surface area contributed by atoms with Crippen LogP contribution in [0.3, 0.4) is 0 Å². The van der Waals surface area contributed by atoms with Gasteiger partial charge in [0.15, 0.2) is 0 Å². The van der Waals surface area contributed by atoms with E-state index in [1.807, 2.05) is 19.4 Å². The average Bonchev–Trinajstić information content (AvgIpc) is 3.34. The minimum absolute atomic E-state index is 0.126. The molecule has 4 rings (SSSR count). The smallest absolute Gasteiger partial charge is 0.0897 e. The molecule has 3 heterocycles. The van der Waals surface area contributed by atoms with Crippen LogP contribution in [0, 0.1) is 6.92 Å². The van der Waals surface area contributed by atoms with Gasteiger partial charge in [-0.05, 0) is 13.0 Å². The largest absolute Gasteiger partial charge is 0.379 e. The lowest BCUT2D eigenvalue weighted by Crippen LogP contribution is -2.22. The van der Waals surface area contributed by atoms with Crippen molar-refractivity contribution in [1.82, 2.24) is 30.1 Å². The number of aromatic nitrogens is 5. The van der Waals surface area contributed by atoms with Crippen LogP contribution in [0.4, 0.5) is 0 Å². The maximum absolute atomic E-state index is 5.73. The zero-order valence-electron chi connectivity index (χ0n) is 15.4. The molecule has 1 saturated heterocycles. The van der Waals surface area contributed by atoms with Gasteiger partial charge < -0.3 is 4.74 Å². The van der Waals surface area contributed by atoms with Crippen LogP contribution in [-0.4, -0.2) is 56.4 Å². The van der Waals surface area contributed by atoms with E-state index >= 15 is 0 Å². The first-order valence-corrected chi connectivity index (χ1v) is 8.84. The first kappa shape index (κ1) is 16.9. The number of ether oxygens (including phenoxy) is 1. The Morgan fingerprint density at radius 1 is 1.31 bits per heavy atom. The standard InChI is InChI=1S/C19H24N6O/c1-13-5-4-6-14(7-13)19-15(8-20-22-19)9-25-10-16(18(12-25)26-3)17-11-24(2)23-21-17/h4-8,11,16,18H,9-10,12H2,1-3H3,(H,20,22)/t16-,18+/m0/s1. The Kier molecular flexibility index (Phi) is 4.57. The molecular weight excluding hydrogens is 328 g/mol. The number of nitrogens with zero attached hydrogens (tertiary/aromatic N) is 5. The van der Waals surface area contributed by atoms with Gasteiger partial charge in [0.2, 0.25) is 0 Å². The normalized spacial score (nSPS) is 20.7. The summed E-state index contributed by atoms with van der Waals surface area (Å²) < 4.78 is 7.47. The molecule has 0 radical (unpaired) electrons. The second-order valence-electron chi connectivity index (χ2n) is 7.03. The number of aromatic amines is 1. The molecule has 2 atom stereocenters. The summed E-state index contributed by atoms with van der Waals surface area (Å²) in [7, 11) is 3.66. The molecular formula is C19H24N6O. The molecule has 26 heavy (non-hydrogen) atoms. The second-order valence-corrected chi connectivity index (χ2v) is 7.03. The fourth-order valence-corrected chi connectivity index (χ4v) is 3.76. The summed E-state index contributed by atoms with van der Waals surface area (Å²) in [5, 5.41) is 15.8. The third-order valence-electron chi connectivity index (χ3n) is 5.06. The molecule has 2 aromatic heterocycles. The molecule has 3 aromatic rings. The minimum Gasteiger partial charge on any atom is -0.379 e. The quantitative estimate of drug-likeness (QED) is 0.762. The van der Waals surface area contributed by atoms with E-state index in [4.69, 9.17) is 4.74 Å². The van der Waals surface area contributed by atoms with Gasteiger partial charge in [-0.25, -0.2) is 0 Å². The van der Waals surface area contributed by atoms with Crippen molar-refractivity contribution in [2.75, 3.05) is 20.2 Å². The van der Waals surface area contributed by atoms with Gasteiger partial charge in [0.05, 0.1) is 23.7 Å². The van der Waals surface area contributed by atoms with Crippen molar-refractivity contribution in [3.8, 4) is 11.3 Å². The summed E-state index contributed by atoms with van der Waals surface area (Å²) >= 11 is 0. The number of aryl methyl sites for hydroxylation is 2. The molecule has 0 bridgehead atoms. The second kappa shape index (κ2) is 7.01. The molecule has 0 unspecified atom stereocenters. The number of benzene rings is 1. The maximum Gasteiger partial charge on any atom is 0.0897 e. The van der Waals surface area contributed by atoms with Gasteiger partial charge in [-0.1, -0.05) is 29.0 Å². The van der Waals surface area contributed by atoms with E-state index in [1.165, 1.54) is 16.7 Å². The van der Waals surface area contributed by atoms with Crippen LogP contribution in [0.15, 0.2) is 36.7 Å². The monoisotopic (exact) mass is 352 g/mol. The molecule has 0 saturated carbocycles. The molecule has 0 spiro atoms. The zero-order valence-corrected chi connectivity index (χ0v) is 15.4. The van der Waals surface area contributed by atoms with E-state index in [0.29, 0.717) is 0 Å². The number of likely N-dealkylation sites (tertiary alicyclic amines) is 1. The first-order chi connectivity index (χ1) is 12.6. The van der Waals surface area contributed by atoms with Crippen LogP contribution in [-0.2, 0) is 18.3 Å². The minimum atomic E-state index is 0.126. The lowest BCUT2D eigenvalue weighted by Gasteiger charge is -2.15. The van der Waals surface area contributed by atoms with Gasteiger partial charge in [-0.2, -0.15) is 5.10 Å². The highest BCUT2D eigenvalue weighted by atomic mass is 16.5. The Balaban J connectivity index is 1.53. The van der Waals surface area contributed by atoms with Crippen LogP contribution in [0.1, 0.15) is 22.7 Å². The molecule has 0 amide bonds. The third-order valence-corrected chi connectivity index (χ3v) is 5.06. The van der Waals surface area contributed by atoms with Crippen LogP contribution in [0.2, 0.25) is 0 Å². The van der Waals surface area contributed by atoms with E-state index in [0.717, 1.165) is 31.0 Å². The van der Waals surface area contributed by atoms with Gasteiger partial charge >= 0.3 is 0 Å². The van der Waals surface area contributed by atoms with Gasteiger partial charge in [-0.15, -0.1) is 5.10 Å². The van der Waals surface area contributed by atoms with Crippen molar-refractivity contribution in [1.29, 1.82) is 0 Å². The number of hydrogen-bond acceptors (Lipinski definition) is 5. The van der Waals surface area contributed by atoms with Crippen LogP contribution >= 0.6 is 0 Å². The Hall–Kier alpha value is -2.51. The predicted molar refractivity (Wildman–Crippen MR) is 98.6 cm³/mol. The van der Waals surface area contributed by atoms with Gasteiger partial charge in [0.25, 0.3) is 0 Å². The van der Waals surface area contributed by atoms with Crippen molar-refractivity contribution >= 4 is 0 Å². The zero-order chi connectivity index (χ0) is 18.1. The fourth-order valence-electron chi connectivity index (χ4n) is 3.76. The van der Waals surface area contributed by atoms with E-state index in [2.05, 4.69) is 56.6 Å².